The van der Waals surface area contributed by atoms with E-state index >= 15 is 0 Å². The summed E-state index contributed by atoms with van der Waals surface area (Å²) in [5.41, 5.74) is 6.78. The van der Waals surface area contributed by atoms with Crippen molar-refractivity contribution in [2.24, 2.45) is 16.6 Å². The molecule has 0 spiro atoms. The van der Waals surface area contributed by atoms with Crippen molar-refractivity contribution in [3.05, 3.63) is 18.2 Å². The average molecular weight is 447 g/mol. The van der Waals surface area contributed by atoms with Gasteiger partial charge in [0.25, 0.3) is 0 Å². The zero-order valence-corrected chi connectivity index (χ0v) is 17.0. The van der Waals surface area contributed by atoms with Gasteiger partial charge in [0.05, 0.1) is 14.2 Å². The number of nitrogens with two attached hydrogens (primary N) is 1. The Bertz CT molecular complexity index is 517. The number of unbranched alkanes of at least 4 members (excludes halogenated alkanes) is 1. The highest BCUT2D eigenvalue weighted by molar-refractivity contribution is 14.0. The maximum atomic E-state index is 5.94. The van der Waals surface area contributed by atoms with E-state index in [4.69, 9.17) is 15.2 Å². The molecule has 0 bridgehead atoms. The molecule has 0 saturated heterocycles. The normalized spacial score (nSPS) is 15.0. The minimum absolute atomic E-state index is 0. The van der Waals surface area contributed by atoms with Crippen LogP contribution < -0.4 is 20.5 Å². The molecule has 0 unspecified atom stereocenters. The topological polar surface area (TPSA) is 68.9 Å². The lowest BCUT2D eigenvalue weighted by molar-refractivity contribution is 0.355. The number of guanidine groups is 1. The molecule has 0 radical (unpaired) electrons. The third-order valence-electron chi connectivity index (χ3n) is 4.43. The number of anilines is 1. The first-order valence-electron chi connectivity index (χ1n) is 8.52. The van der Waals surface area contributed by atoms with Crippen molar-refractivity contribution >= 4 is 35.6 Å². The van der Waals surface area contributed by atoms with Crippen molar-refractivity contribution in [3.63, 3.8) is 0 Å². The molecule has 2 rings (SSSR count). The highest BCUT2D eigenvalue weighted by Crippen LogP contribution is 2.30. The average Bonchev–Trinajstić information content (AvgIpc) is 3.07. The summed E-state index contributed by atoms with van der Waals surface area (Å²) < 4.78 is 10.5. The molecule has 24 heavy (non-hydrogen) atoms. The summed E-state index contributed by atoms with van der Waals surface area (Å²) >= 11 is 0. The Kier molecular flexibility index (Phi) is 9.90. The van der Waals surface area contributed by atoms with Crippen LogP contribution >= 0.6 is 24.0 Å². The molecule has 0 atom stereocenters. The van der Waals surface area contributed by atoms with Gasteiger partial charge in [0, 0.05) is 18.3 Å². The van der Waals surface area contributed by atoms with Gasteiger partial charge in [-0.2, -0.15) is 0 Å². The highest BCUT2D eigenvalue weighted by Gasteiger charge is 2.13. The van der Waals surface area contributed by atoms with Crippen LogP contribution in [0, 0.1) is 5.92 Å². The van der Waals surface area contributed by atoms with Crippen LogP contribution in [0.2, 0.25) is 0 Å². The van der Waals surface area contributed by atoms with Crippen LogP contribution in [0.4, 0.5) is 5.69 Å². The summed E-state index contributed by atoms with van der Waals surface area (Å²) in [7, 11) is 3.23. The molecule has 136 valence electrons. The molecule has 0 heterocycles. The molecule has 6 heteroatoms. The summed E-state index contributed by atoms with van der Waals surface area (Å²) in [4.78, 5) is 4.39. The van der Waals surface area contributed by atoms with Crippen LogP contribution in [0.25, 0.3) is 0 Å². The van der Waals surface area contributed by atoms with E-state index in [-0.39, 0.29) is 24.0 Å². The van der Waals surface area contributed by atoms with E-state index in [1.165, 1.54) is 38.5 Å². The lowest BCUT2D eigenvalue weighted by atomic mass is 10.0. The molecule has 1 fully saturated rings. The summed E-state index contributed by atoms with van der Waals surface area (Å²) in [5.74, 6) is 2.77. The zero-order valence-electron chi connectivity index (χ0n) is 14.7. The summed E-state index contributed by atoms with van der Waals surface area (Å²) in [5, 5.41) is 3.09. The minimum atomic E-state index is 0. The number of hydrogen-bond acceptors (Lipinski definition) is 3. The molecule has 1 saturated carbocycles. The molecule has 0 aliphatic heterocycles. The van der Waals surface area contributed by atoms with Crippen molar-refractivity contribution in [2.75, 3.05) is 26.1 Å². The lowest BCUT2D eigenvalue weighted by Gasteiger charge is -2.11. The monoisotopic (exact) mass is 447 g/mol. The molecule has 1 aromatic rings. The first-order valence-corrected chi connectivity index (χ1v) is 8.52. The molecular weight excluding hydrogens is 417 g/mol. The van der Waals surface area contributed by atoms with Crippen molar-refractivity contribution in [2.45, 2.75) is 44.9 Å². The van der Waals surface area contributed by atoms with Crippen LogP contribution in [0.15, 0.2) is 23.2 Å². The summed E-state index contributed by atoms with van der Waals surface area (Å²) in [6.45, 7) is 0.777. The van der Waals surface area contributed by atoms with Crippen LogP contribution in [0.1, 0.15) is 44.9 Å². The number of aliphatic imine (C=N–C) groups is 1. The number of benzene rings is 1. The maximum Gasteiger partial charge on any atom is 0.193 e. The standard InChI is InChI=1S/C18H29N3O2.HI/c1-22-16-11-10-15(13-17(16)23-2)21-18(19)20-12-6-5-9-14-7-3-4-8-14;/h10-11,13-14H,3-9,12H2,1-2H3,(H3,19,20,21);1H. The maximum absolute atomic E-state index is 5.94. The van der Waals surface area contributed by atoms with E-state index in [1.807, 2.05) is 18.2 Å². The van der Waals surface area contributed by atoms with E-state index in [0.717, 1.165) is 24.6 Å². The molecule has 0 aromatic heterocycles. The van der Waals surface area contributed by atoms with Crippen molar-refractivity contribution in [3.8, 4) is 11.5 Å². The number of nitrogens with zero attached hydrogens (tertiary/aromatic N) is 1. The smallest absolute Gasteiger partial charge is 0.193 e. The van der Waals surface area contributed by atoms with E-state index in [1.54, 1.807) is 14.2 Å². The quantitative estimate of drug-likeness (QED) is 0.268. The Morgan fingerprint density at radius 1 is 1.17 bits per heavy atom. The van der Waals surface area contributed by atoms with Gasteiger partial charge in [0.1, 0.15) is 0 Å². The Balaban J connectivity index is 0.00000288. The largest absolute Gasteiger partial charge is 0.493 e. The summed E-state index contributed by atoms with van der Waals surface area (Å²) in [6.07, 6.45) is 9.38. The molecule has 5 nitrogen and oxygen atoms in total. The molecule has 1 aliphatic rings. The van der Waals surface area contributed by atoms with Gasteiger partial charge in [-0.1, -0.05) is 38.5 Å². The predicted molar refractivity (Wildman–Crippen MR) is 111 cm³/mol. The SMILES string of the molecule is COc1ccc(NC(N)=NCCCCC2CCCC2)cc1OC.I. The Morgan fingerprint density at radius 3 is 2.54 bits per heavy atom. The lowest BCUT2D eigenvalue weighted by Crippen LogP contribution is -2.22. The Labute approximate surface area is 162 Å². The van der Waals surface area contributed by atoms with Crippen molar-refractivity contribution in [1.82, 2.24) is 0 Å². The first-order chi connectivity index (χ1) is 11.2. The van der Waals surface area contributed by atoms with E-state index in [9.17, 15) is 0 Å². The van der Waals surface area contributed by atoms with Gasteiger partial charge in [-0.05, 0) is 24.5 Å². The van der Waals surface area contributed by atoms with Gasteiger partial charge >= 0.3 is 0 Å². The first kappa shape index (κ1) is 20.9. The third-order valence-corrected chi connectivity index (χ3v) is 4.43. The highest BCUT2D eigenvalue weighted by atomic mass is 127. The second kappa shape index (κ2) is 11.4. The van der Waals surface area contributed by atoms with E-state index in [0.29, 0.717) is 17.5 Å². The Hall–Kier alpha value is -1.18. The van der Waals surface area contributed by atoms with Gasteiger partial charge < -0.3 is 20.5 Å². The van der Waals surface area contributed by atoms with E-state index in [2.05, 4.69) is 10.3 Å². The van der Waals surface area contributed by atoms with Crippen LogP contribution in [-0.4, -0.2) is 26.7 Å². The van der Waals surface area contributed by atoms with Gasteiger partial charge in [-0.15, -0.1) is 24.0 Å². The fourth-order valence-electron chi connectivity index (χ4n) is 3.14. The van der Waals surface area contributed by atoms with Crippen LogP contribution in [0.3, 0.4) is 0 Å². The molecule has 0 amide bonds. The number of rotatable bonds is 8. The Morgan fingerprint density at radius 2 is 1.88 bits per heavy atom. The number of methoxy groups -OCH3 is 2. The second-order valence-corrected chi connectivity index (χ2v) is 6.11. The summed E-state index contributed by atoms with van der Waals surface area (Å²) in [6, 6.07) is 5.58. The van der Waals surface area contributed by atoms with Gasteiger partial charge in [0.2, 0.25) is 0 Å². The minimum Gasteiger partial charge on any atom is -0.493 e. The second-order valence-electron chi connectivity index (χ2n) is 6.11. The van der Waals surface area contributed by atoms with Crippen LogP contribution in [0.5, 0.6) is 11.5 Å². The fourth-order valence-corrected chi connectivity index (χ4v) is 3.14. The zero-order chi connectivity index (χ0) is 16.5. The number of nitrogens with one attached hydrogen (secondary N) is 1. The number of halogens is 1. The van der Waals surface area contributed by atoms with Gasteiger partial charge in [-0.25, -0.2) is 0 Å². The molecule has 3 N–H and O–H groups in total. The predicted octanol–water partition coefficient (Wildman–Crippen LogP) is 4.41. The third kappa shape index (κ3) is 6.75. The molecule has 1 aliphatic carbocycles. The van der Waals surface area contributed by atoms with Gasteiger partial charge in [-0.3, -0.25) is 4.99 Å². The molecular formula is C18H30IN3O2. The fraction of sp³-hybridized carbons (Fsp3) is 0.611. The van der Waals surface area contributed by atoms with Gasteiger partial charge in [0.15, 0.2) is 17.5 Å². The molecule has 1 aromatic carbocycles. The number of ether oxygens (including phenoxy) is 2. The van der Waals surface area contributed by atoms with Crippen LogP contribution in [-0.2, 0) is 0 Å². The van der Waals surface area contributed by atoms with Crippen molar-refractivity contribution in [1.29, 1.82) is 0 Å². The van der Waals surface area contributed by atoms with Crippen molar-refractivity contribution < 1.29 is 9.47 Å². The number of hydrogen-bond donors (Lipinski definition) is 2. The van der Waals surface area contributed by atoms with E-state index < -0.39 is 0 Å².